The zero-order valence-corrected chi connectivity index (χ0v) is 20.6. The fraction of sp³-hybridized carbons (Fsp3) is 0.600. The van der Waals surface area contributed by atoms with E-state index < -0.39 is 11.5 Å². The Labute approximate surface area is 197 Å². The Bertz CT molecular complexity index is 1100. The monoisotopic (exact) mass is 501 g/mol. The van der Waals surface area contributed by atoms with Crippen molar-refractivity contribution in [3.63, 3.8) is 0 Å². The van der Waals surface area contributed by atoms with Gasteiger partial charge in [-0.2, -0.15) is 0 Å². The van der Waals surface area contributed by atoms with Crippen LogP contribution in [0.4, 0.5) is 0 Å². The van der Waals surface area contributed by atoms with Crippen molar-refractivity contribution in [1.29, 1.82) is 0 Å². The Morgan fingerprint density at radius 2 is 1.78 bits per heavy atom. The van der Waals surface area contributed by atoms with Gasteiger partial charge in [-0.15, -0.1) is 0 Å². The summed E-state index contributed by atoms with van der Waals surface area (Å²) in [7, 11) is 0. The van der Waals surface area contributed by atoms with Crippen molar-refractivity contribution in [3.05, 3.63) is 38.6 Å². The quantitative estimate of drug-likeness (QED) is 0.618. The number of rotatable bonds is 5. The summed E-state index contributed by atoms with van der Waals surface area (Å²) in [6, 6.07) is 6.30. The van der Waals surface area contributed by atoms with Crippen LogP contribution >= 0.6 is 15.9 Å². The number of carbonyl (C=O) groups excluding carboxylic acids is 1. The van der Waals surface area contributed by atoms with E-state index >= 15 is 0 Å². The first-order chi connectivity index (χ1) is 15.3. The van der Waals surface area contributed by atoms with E-state index in [4.69, 9.17) is 0 Å². The maximum atomic E-state index is 13.5. The van der Waals surface area contributed by atoms with Crippen molar-refractivity contribution < 1.29 is 9.90 Å². The van der Waals surface area contributed by atoms with Crippen molar-refractivity contribution in [2.45, 2.75) is 83.6 Å². The van der Waals surface area contributed by atoms with Gasteiger partial charge in [0.25, 0.3) is 11.5 Å². The standard InChI is InChI=1S/C25H32BrN3O3/c1-4-21(29-17-8-14-7-15(10-17)11-18(29)9-14)27-24(31)22-23(30)19-12-16(26)5-6-20(19)28(13(2)3)25(22)32/h5-6,12-15,17-18,21,30H,4,7-11H2,1-3H3,(H,27,31). The Morgan fingerprint density at radius 1 is 1.16 bits per heavy atom. The number of hydrogen-bond acceptors (Lipinski definition) is 4. The first kappa shape index (κ1) is 22.0. The fourth-order valence-corrected chi connectivity index (χ4v) is 7.14. The lowest BCUT2D eigenvalue weighted by molar-refractivity contribution is -0.0875. The molecule has 172 valence electrons. The van der Waals surface area contributed by atoms with Crippen LogP contribution in [-0.4, -0.2) is 38.7 Å². The molecule has 2 aromatic rings. The van der Waals surface area contributed by atoms with Gasteiger partial charge in [0.1, 0.15) is 11.3 Å². The SMILES string of the molecule is CCC(NC(=O)c1c(O)c2cc(Br)ccc2n(C(C)C)c1=O)N1C2CC3CC(C2)CC1C3. The zero-order chi connectivity index (χ0) is 22.7. The molecule has 2 aliphatic carbocycles. The minimum Gasteiger partial charge on any atom is -0.506 e. The minimum atomic E-state index is -0.482. The molecule has 0 spiro atoms. The Hall–Kier alpha value is -1.86. The number of nitrogens with zero attached hydrogens (tertiary/aromatic N) is 2. The predicted octanol–water partition coefficient (Wildman–Crippen LogP) is 4.78. The van der Waals surface area contributed by atoms with Crippen LogP contribution in [0.3, 0.4) is 0 Å². The van der Waals surface area contributed by atoms with E-state index in [-0.39, 0.29) is 23.5 Å². The number of halogens is 1. The van der Waals surface area contributed by atoms with Crippen LogP contribution in [0.5, 0.6) is 5.75 Å². The second kappa shape index (κ2) is 8.17. The van der Waals surface area contributed by atoms with Crippen LogP contribution < -0.4 is 10.9 Å². The maximum Gasteiger partial charge on any atom is 0.267 e. The van der Waals surface area contributed by atoms with Crippen molar-refractivity contribution in [2.75, 3.05) is 0 Å². The van der Waals surface area contributed by atoms with E-state index in [1.165, 1.54) is 32.1 Å². The summed E-state index contributed by atoms with van der Waals surface area (Å²) in [5.41, 5.74) is 0.0200. The molecule has 1 atom stereocenters. The Kier molecular flexibility index (Phi) is 5.61. The minimum absolute atomic E-state index is 0.123. The molecular formula is C25H32BrN3O3. The molecule has 2 saturated heterocycles. The van der Waals surface area contributed by atoms with Crippen LogP contribution in [0, 0.1) is 11.8 Å². The van der Waals surface area contributed by atoms with E-state index in [0.717, 1.165) is 22.7 Å². The Morgan fingerprint density at radius 3 is 2.34 bits per heavy atom. The highest BCUT2D eigenvalue weighted by atomic mass is 79.9. The van der Waals surface area contributed by atoms with Gasteiger partial charge in [-0.25, -0.2) is 0 Å². The smallest absolute Gasteiger partial charge is 0.267 e. The third-order valence-corrected chi connectivity index (χ3v) is 8.36. The largest absolute Gasteiger partial charge is 0.506 e. The highest BCUT2D eigenvalue weighted by Gasteiger charge is 2.49. The van der Waals surface area contributed by atoms with E-state index in [2.05, 4.69) is 33.1 Å². The molecule has 2 aliphatic heterocycles. The molecule has 2 N–H and O–H groups in total. The molecule has 1 unspecified atom stereocenters. The van der Waals surface area contributed by atoms with Gasteiger partial charge in [0.05, 0.1) is 11.7 Å². The van der Waals surface area contributed by atoms with Crippen LogP contribution in [0.25, 0.3) is 10.9 Å². The van der Waals surface area contributed by atoms with E-state index in [0.29, 0.717) is 23.0 Å². The molecule has 0 radical (unpaired) electrons. The highest BCUT2D eigenvalue weighted by Crippen LogP contribution is 2.49. The number of carbonyl (C=O) groups is 1. The summed E-state index contributed by atoms with van der Waals surface area (Å²) in [5, 5.41) is 14.7. The van der Waals surface area contributed by atoms with Crippen LogP contribution in [0.2, 0.25) is 0 Å². The predicted molar refractivity (Wildman–Crippen MR) is 129 cm³/mol. The Balaban J connectivity index is 1.51. The number of pyridine rings is 1. The average Bonchev–Trinajstić information content (AvgIpc) is 2.72. The molecule has 3 heterocycles. The van der Waals surface area contributed by atoms with Crippen molar-refractivity contribution >= 4 is 32.7 Å². The number of benzene rings is 1. The van der Waals surface area contributed by atoms with Crippen molar-refractivity contribution in [1.82, 2.24) is 14.8 Å². The summed E-state index contributed by atoms with van der Waals surface area (Å²) in [4.78, 5) is 29.4. The number of hydrogen-bond donors (Lipinski definition) is 2. The third kappa shape index (κ3) is 3.48. The van der Waals surface area contributed by atoms with Crippen LogP contribution in [0.1, 0.15) is 75.7 Å². The number of aromatic nitrogens is 1. The van der Waals surface area contributed by atoms with E-state index in [9.17, 15) is 14.7 Å². The van der Waals surface area contributed by atoms with Gasteiger partial charge in [-0.05, 0) is 82.4 Å². The summed E-state index contributed by atoms with van der Waals surface area (Å²) in [6.07, 6.45) is 6.89. The second-order valence-electron chi connectivity index (χ2n) is 10.2. The van der Waals surface area contributed by atoms with Gasteiger partial charge in [-0.3, -0.25) is 14.5 Å². The topological polar surface area (TPSA) is 74.6 Å². The molecule has 4 fully saturated rings. The highest BCUT2D eigenvalue weighted by molar-refractivity contribution is 9.10. The second-order valence-corrected chi connectivity index (χ2v) is 11.1. The van der Waals surface area contributed by atoms with E-state index in [1.54, 1.807) is 16.7 Å². The van der Waals surface area contributed by atoms with Crippen LogP contribution in [0.15, 0.2) is 27.5 Å². The van der Waals surface area contributed by atoms with Crippen LogP contribution in [-0.2, 0) is 0 Å². The maximum absolute atomic E-state index is 13.5. The van der Waals surface area contributed by atoms with Gasteiger partial charge in [0.15, 0.2) is 0 Å². The number of piperidine rings is 2. The molecule has 1 aromatic heterocycles. The lowest BCUT2D eigenvalue weighted by Gasteiger charge is -2.58. The van der Waals surface area contributed by atoms with Gasteiger partial charge in [0, 0.05) is 28.0 Å². The zero-order valence-electron chi connectivity index (χ0n) is 19.0. The number of aromatic hydroxyl groups is 1. The molecule has 4 bridgehead atoms. The molecule has 4 aliphatic rings. The van der Waals surface area contributed by atoms with Gasteiger partial charge < -0.3 is 15.0 Å². The first-order valence-corrected chi connectivity index (χ1v) is 12.7. The summed E-state index contributed by atoms with van der Waals surface area (Å²) in [6.45, 7) is 5.91. The average molecular weight is 502 g/mol. The molecule has 6 nitrogen and oxygen atoms in total. The number of fused-ring (bicyclic) bond motifs is 1. The summed E-state index contributed by atoms with van der Waals surface area (Å²) >= 11 is 3.44. The molecule has 1 aromatic carbocycles. The number of nitrogens with one attached hydrogen (secondary N) is 1. The lowest BCUT2D eigenvalue weighted by atomic mass is 9.63. The lowest BCUT2D eigenvalue weighted by Crippen LogP contribution is -2.64. The molecule has 32 heavy (non-hydrogen) atoms. The van der Waals surface area contributed by atoms with Gasteiger partial charge >= 0.3 is 0 Å². The molecule has 1 amide bonds. The van der Waals surface area contributed by atoms with E-state index in [1.807, 2.05) is 19.9 Å². The van der Waals surface area contributed by atoms with Gasteiger partial charge in [-0.1, -0.05) is 22.9 Å². The third-order valence-electron chi connectivity index (χ3n) is 7.86. The normalized spacial score (nSPS) is 27.9. The molecule has 7 heteroatoms. The summed E-state index contributed by atoms with van der Waals surface area (Å²) in [5.74, 6) is 0.950. The molecule has 2 saturated carbocycles. The van der Waals surface area contributed by atoms with Gasteiger partial charge in [0.2, 0.25) is 0 Å². The summed E-state index contributed by atoms with van der Waals surface area (Å²) < 4.78 is 2.38. The van der Waals surface area contributed by atoms with Crippen molar-refractivity contribution in [2.24, 2.45) is 11.8 Å². The number of amides is 1. The first-order valence-electron chi connectivity index (χ1n) is 11.9. The molecule has 6 rings (SSSR count). The van der Waals surface area contributed by atoms with Crippen molar-refractivity contribution in [3.8, 4) is 5.75 Å². The fourth-order valence-electron chi connectivity index (χ4n) is 6.78. The molecular weight excluding hydrogens is 470 g/mol.